The maximum atomic E-state index is 12.2. The highest BCUT2D eigenvalue weighted by Crippen LogP contribution is 2.17. The van der Waals surface area contributed by atoms with Gasteiger partial charge in [0.05, 0.1) is 17.1 Å². The average Bonchev–Trinajstić information content (AvgIpc) is 3.02. The van der Waals surface area contributed by atoms with Gasteiger partial charge in [0.2, 0.25) is 0 Å². The van der Waals surface area contributed by atoms with Crippen LogP contribution in [0.4, 0.5) is 5.69 Å². The van der Waals surface area contributed by atoms with Gasteiger partial charge in [-0.2, -0.15) is 5.10 Å². The Hall–Kier alpha value is -3.21. The SMILES string of the molecule is C=c1cc2c(cc1C)=NC(=O)C(CNc1ccc3cn[nH]c3c1)=C2. The Morgan fingerprint density at radius 1 is 1.25 bits per heavy atom. The number of anilines is 1. The fraction of sp³-hybridized carbons (Fsp3) is 0.105. The highest BCUT2D eigenvalue weighted by atomic mass is 16.1. The van der Waals surface area contributed by atoms with E-state index >= 15 is 0 Å². The van der Waals surface area contributed by atoms with Crippen LogP contribution >= 0.6 is 0 Å². The summed E-state index contributed by atoms with van der Waals surface area (Å²) in [5.74, 6) is -0.200. The van der Waals surface area contributed by atoms with E-state index in [1.165, 1.54) is 0 Å². The highest BCUT2D eigenvalue weighted by Gasteiger charge is 2.14. The molecule has 0 aliphatic carbocycles. The van der Waals surface area contributed by atoms with Crippen molar-refractivity contribution in [2.75, 3.05) is 11.9 Å². The molecule has 1 aliphatic heterocycles. The first-order valence-electron chi connectivity index (χ1n) is 7.70. The van der Waals surface area contributed by atoms with Gasteiger partial charge in [-0.3, -0.25) is 9.89 Å². The van der Waals surface area contributed by atoms with Crippen LogP contribution in [0.5, 0.6) is 0 Å². The van der Waals surface area contributed by atoms with Crippen molar-refractivity contribution >= 4 is 35.2 Å². The number of aromatic amines is 1. The largest absolute Gasteiger partial charge is 0.381 e. The number of aromatic nitrogens is 2. The number of nitrogens with zero attached hydrogens (tertiary/aromatic N) is 2. The van der Waals surface area contributed by atoms with Crippen LogP contribution in [-0.4, -0.2) is 22.6 Å². The monoisotopic (exact) mass is 316 g/mol. The van der Waals surface area contributed by atoms with E-state index in [4.69, 9.17) is 0 Å². The van der Waals surface area contributed by atoms with Crippen LogP contribution in [0.2, 0.25) is 0 Å². The topological polar surface area (TPSA) is 70.1 Å². The number of nitrogens with one attached hydrogen (secondary N) is 2. The molecule has 0 spiro atoms. The Balaban J connectivity index is 1.60. The summed E-state index contributed by atoms with van der Waals surface area (Å²) >= 11 is 0. The van der Waals surface area contributed by atoms with Gasteiger partial charge in [-0.25, -0.2) is 4.99 Å². The van der Waals surface area contributed by atoms with E-state index in [9.17, 15) is 4.79 Å². The third kappa shape index (κ3) is 2.50. The minimum Gasteiger partial charge on any atom is -0.381 e. The minimum absolute atomic E-state index is 0.200. The Labute approximate surface area is 138 Å². The molecule has 0 unspecified atom stereocenters. The smallest absolute Gasteiger partial charge is 0.275 e. The lowest BCUT2D eigenvalue weighted by Gasteiger charge is -2.12. The normalized spacial score (nSPS) is 13.4. The molecule has 0 saturated heterocycles. The summed E-state index contributed by atoms with van der Waals surface area (Å²) in [6, 6.07) is 9.79. The maximum Gasteiger partial charge on any atom is 0.275 e. The minimum atomic E-state index is -0.200. The predicted molar refractivity (Wildman–Crippen MR) is 95.0 cm³/mol. The predicted octanol–water partition coefficient (Wildman–Crippen LogP) is 1.94. The molecule has 1 aliphatic rings. The number of hydrogen-bond donors (Lipinski definition) is 2. The van der Waals surface area contributed by atoms with Gasteiger partial charge in [0, 0.05) is 28.8 Å². The first-order chi connectivity index (χ1) is 11.6. The van der Waals surface area contributed by atoms with Gasteiger partial charge in [-0.1, -0.05) is 6.58 Å². The third-order valence-corrected chi connectivity index (χ3v) is 4.24. The first kappa shape index (κ1) is 14.4. The standard InChI is InChI=1S/C19H16N4O/c1-11-5-14-7-15(19(24)22-17(14)6-12(11)2)9-20-16-4-3-13-10-21-23-18(13)8-16/h3-8,10,20H,1,9H2,2H3,(H,21,23). The summed E-state index contributed by atoms with van der Waals surface area (Å²) in [5.41, 5.74) is 4.48. The van der Waals surface area contributed by atoms with Crippen molar-refractivity contribution in [3.05, 3.63) is 63.8 Å². The summed E-state index contributed by atoms with van der Waals surface area (Å²) in [4.78, 5) is 16.4. The molecular formula is C19H16N4O. The second kappa shape index (κ2) is 5.45. The van der Waals surface area contributed by atoms with E-state index in [0.29, 0.717) is 17.5 Å². The third-order valence-electron chi connectivity index (χ3n) is 4.24. The van der Waals surface area contributed by atoms with Gasteiger partial charge in [-0.15, -0.1) is 0 Å². The summed E-state index contributed by atoms with van der Waals surface area (Å²) in [7, 11) is 0. The molecule has 5 nitrogen and oxygen atoms in total. The van der Waals surface area contributed by atoms with Crippen LogP contribution in [0.15, 0.2) is 47.1 Å². The Bertz CT molecular complexity index is 1110. The summed E-state index contributed by atoms with van der Waals surface area (Å²) in [6.07, 6.45) is 3.67. The number of benzene rings is 2. The Morgan fingerprint density at radius 2 is 2.12 bits per heavy atom. The fourth-order valence-corrected chi connectivity index (χ4v) is 2.77. The van der Waals surface area contributed by atoms with Crippen LogP contribution in [0, 0.1) is 6.92 Å². The van der Waals surface area contributed by atoms with Crippen molar-refractivity contribution in [1.29, 1.82) is 0 Å². The van der Waals surface area contributed by atoms with Crippen molar-refractivity contribution in [3.8, 4) is 0 Å². The number of fused-ring (bicyclic) bond motifs is 2. The van der Waals surface area contributed by atoms with Gasteiger partial charge in [-0.05, 0) is 54.1 Å². The van der Waals surface area contributed by atoms with Crippen LogP contribution in [0.25, 0.3) is 23.6 Å². The van der Waals surface area contributed by atoms with Gasteiger partial charge in [0.15, 0.2) is 0 Å². The molecule has 0 atom stereocenters. The summed E-state index contributed by atoms with van der Waals surface area (Å²) in [6.45, 7) is 6.39. The summed E-state index contributed by atoms with van der Waals surface area (Å²) < 4.78 is 0. The van der Waals surface area contributed by atoms with E-state index in [2.05, 4.69) is 27.1 Å². The number of rotatable bonds is 3. The lowest BCUT2D eigenvalue weighted by Crippen LogP contribution is -2.23. The molecule has 2 aromatic carbocycles. The number of carbonyl (C=O) groups excluding carboxylic acids is 1. The molecule has 0 bridgehead atoms. The van der Waals surface area contributed by atoms with Crippen molar-refractivity contribution in [2.24, 2.45) is 4.99 Å². The molecular weight excluding hydrogens is 300 g/mol. The highest BCUT2D eigenvalue weighted by molar-refractivity contribution is 6.01. The molecule has 2 heterocycles. The first-order valence-corrected chi connectivity index (χ1v) is 7.70. The van der Waals surface area contributed by atoms with Crippen molar-refractivity contribution in [1.82, 2.24) is 10.2 Å². The van der Waals surface area contributed by atoms with Crippen LogP contribution in [0.3, 0.4) is 0 Å². The summed E-state index contributed by atoms with van der Waals surface area (Å²) in [5, 5.41) is 12.9. The van der Waals surface area contributed by atoms with Gasteiger partial charge >= 0.3 is 0 Å². The molecule has 4 rings (SSSR count). The molecule has 0 fully saturated rings. The molecule has 0 saturated carbocycles. The number of amides is 1. The van der Waals surface area contributed by atoms with Crippen LogP contribution < -0.4 is 15.9 Å². The lowest BCUT2D eigenvalue weighted by atomic mass is 10.0. The van der Waals surface area contributed by atoms with E-state index in [1.54, 1.807) is 6.20 Å². The van der Waals surface area contributed by atoms with Gasteiger partial charge in [0.1, 0.15) is 0 Å². The van der Waals surface area contributed by atoms with Crippen molar-refractivity contribution in [3.63, 3.8) is 0 Å². The second-order valence-corrected chi connectivity index (χ2v) is 5.95. The zero-order chi connectivity index (χ0) is 16.7. The van der Waals surface area contributed by atoms with Crippen molar-refractivity contribution < 1.29 is 4.79 Å². The number of carbonyl (C=O) groups is 1. The molecule has 24 heavy (non-hydrogen) atoms. The maximum absolute atomic E-state index is 12.2. The molecule has 1 aromatic heterocycles. The van der Waals surface area contributed by atoms with Crippen LogP contribution in [0.1, 0.15) is 11.1 Å². The quantitative estimate of drug-likeness (QED) is 0.776. The number of H-pyrrole nitrogens is 1. The molecule has 2 N–H and O–H groups in total. The molecule has 118 valence electrons. The number of hydrogen-bond acceptors (Lipinski definition) is 3. The Kier molecular flexibility index (Phi) is 3.27. The number of aryl methyl sites for hydroxylation is 1. The van der Waals surface area contributed by atoms with Crippen molar-refractivity contribution in [2.45, 2.75) is 6.92 Å². The zero-order valence-electron chi connectivity index (χ0n) is 13.3. The zero-order valence-corrected chi connectivity index (χ0v) is 13.3. The van der Waals surface area contributed by atoms with E-state index < -0.39 is 0 Å². The van der Waals surface area contributed by atoms with E-state index in [0.717, 1.165) is 32.9 Å². The molecule has 1 amide bonds. The van der Waals surface area contributed by atoms with E-state index in [1.807, 2.05) is 43.3 Å². The lowest BCUT2D eigenvalue weighted by molar-refractivity contribution is -0.114. The second-order valence-electron chi connectivity index (χ2n) is 5.95. The van der Waals surface area contributed by atoms with E-state index in [-0.39, 0.29) is 5.91 Å². The molecule has 0 radical (unpaired) electrons. The molecule has 5 heteroatoms. The van der Waals surface area contributed by atoms with Gasteiger partial charge < -0.3 is 5.32 Å². The van der Waals surface area contributed by atoms with Crippen LogP contribution in [-0.2, 0) is 4.79 Å². The fourth-order valence-electron chi connectivity index (χ4n) is 2.77. The average molecular weight is 316 g/mol. The Morgan fingerprint density at radius 3 is 3.00 bits per heavy atom. The molecule has 3 aromatic rings. The van der Waals surface area contributed by atoms with Gasteiger partial charge in [0.25, 0.3) is 5.91 Å².